The Kier molecular flexibility index (Phi) is 3.80. The lowest BCUT2D eigenvalue weighted by Gasteiger charge is -2.07. The molecule has 0 atom stereocenters. The number of anilines is 1. The van der Waals surface area contributed by atoms with Crippen molar-refractivity contribution < 1.29 is 18.8 Å². The minimum atomic E-state index is -0.394. The number of carbonyl (C=O) groups excluding carboxylic acids is 3. The summed E-state index contributed by atoms with van der Waals surface area (Å²) in [7, 11) is 1.42. The number of halogens is 1. The summed E-state index contributed by atoms with van der Waals surface area (Å²) in [6, 6.07) is 9.01. The quantitative estimate of drug-likeness (QED) is 0.700. The van der Waals surface area contributed by atoms with E-state index in [1.54, 1.807) is 12.1 Å². The minimum Gasteiger partial charge on any atom is -0.358 e. The molecule has 7 heteroatoms. The van der Waals surface area contributed by atoms with Crippen molar-refractivity contribution in [2.45, 2.75) is 13.3 Å². The molecule has 6 nitrogen and oxygen atoms in total. The van der Waals surface area contributed by atoms with Crippen LogP contribution in [0.15, 0.2) is 36.4 Å². The van der Waals surface area contributed by atoms with Crippen LogP contribution in [0.3, 0.4) is 0 Å². The van der Waals surface area contributed by atoms with Crippen molar-refractivity contribution in [1.82, 2.24) is 9.88 Å². The number of amides is 3. The van der Waals surface area contributed by atoms with Gasteiger partial charge in [0.05, 0.1) is 17.5 Å². The number of nitrogens with one attached hydrogen (secondary N) is 2. The van der Waals surface area contributed by atoms with E-state index in [1.165, 1.54) is 31.3 Å². The normalized spacial score (nSPS) is 13.4. The smallest absolute Gasteiger partial charge is 0.261 e. The summed E-state index contributed by atoms with van der Waals surface area (Å²) in [5, 5.41) is 3.40. The molecule has 1 aromatic heterocycles. The van der Waals surface area contributed by atoms with Gasteiger partial charge >= 0.3 is 0 Å². The van der Waals surface area contributed by atoms with E-state index in [1.807, 2.05) is 6.92 Å². The van der Waals surface area contributed by atoms with Crippen LogP contribution >= 0.6 is 0 Å². The maximum Gasteiger partial charge on any atom is 0.261 e. The van der Waals surface area contributed by atoms with Crippen LogP contribution in [-0.2, 0) is 11.2 Å². The molecule has 0 aliphatic carbocycles. The molecule has 27 heavy (non-hydrogen) atoms. The Bertz CT molecular complexity index is 1130. The third-order valence-electron chi connectivity index (χ3n) is 4.79. The largest absolute Gasteiger partial charge is 0.358 e. The highest BCUT2D eigenvalue weighted by Crippen LogP contribution is 2.26. The Balaban J connectivity index is 1.58. The van der Waals surface area contributed by atoms with E-state index >= 15 is 0 Å². The number of H-pyrrole nitrogens is 1. The third kappa shape index (κ3) is 2.77. The molecule has 0 spiro atoms. The zero-order chi connectivity index (χ0) is 19.3. The molecule has 0 bridgehead atoms. The first kappa shape index (κ1) is 17.0. The van der Waals surface area contributed by atoms with E-state index in [9.17, 15) is 18.8 Å². The van der Waals surface area contributed by atoms with Crippen molar-refractivity contribution in [3.63, 3.8) is 0 Å². The van der Waals surface area contributed by atoms with Gasteiger partial charge in [-0.05, 0) is 48.9 Å². The molecule has 0 saturated carbocycles. The topological polar surface area (TPSA) is 82.3 Å². The van der Waals surface area contributed by atoms with Gasteiger partial charge < -0.3 is 10.3 Å². The number of carbonyl (C=O) groups is 3. The number of hydrogen-bond acceptors (Lipinski definition) is 3. The lowest BCUT2D eigenvalue weighted by Crippen LogP contribution is -2.24. The Hall–Kier alpha value is -3.48. The van der Waals surface area contributed by atoms with Gasteiger partial charge in [-0.1, -0.05) is 0 Å². The Morgan fingerprint density at radius 3 is 2.63 bits per heavy atom. The first-order valence-electron chi connectivity index (χ1n) is 8.38. The molecule has 0 unspecified atom stereocenters. The molecule has 3 amide bonds. The second-order valence-corrected chi connectivity index (χ2v) is 6.57. The minimum absolute atomic E-state index is 0.0547. The Morgan fingerprint density at radius 2 is 1.85 bits per heavy atom. The number of fused-ring (bicyclic) bond motifs is 2. The molecular formula is C20H16FN3O3. The number of hydrogen-bond donors (Lipinski definition) is 2. The SMILES string of the molecule is Cc1[nH]c2ccc(F)cc2c1CC(=O)Nc1ccc2c(c1)C(=O)N(C)C2=O. The molecule has 0 saturated heterocycles. The van der Waals surface area contributed by atoms with Crippen molar-refractivity contribution in [2.24, 2.45) is 0 Å². The van der Waals surface area contributed by atoms with Crippen LogP contribution in [0.25, 0.3) is 10.9 Å². The van der Waals surface area contributed by atoms with Gasteiger partial charge in [0, 0.05) is 29.3 Å². The van der Waals surface area contributed by atoms with E-state index in [0.717, 1.165) is 16.1 Å². The lowest BCUT2D eigenvalue weighted by atomic mass is 10.1. The number of benzene rings is 2. The standard InChI is InChI=1S/C20H16FN3O3/c1-10-14(15-7-11(21)3-6-17(15)22-10)9-18(25)23-12-4-5-13-16(8-12)20(27)24(2)19(13)26/h3-8,22H,9H2,1-2H3,(H,23,25). The van der Waals surface area contributed by atoms with E-state index in [4.69, 9.17) is 0 Å². The molecule has 4 rings (SSSR count). The van der Waals surface area contributed by atoms with Gasteiger partial charge in [0.1, 0.15) is 5.82 Å². The molecule has 1 aliphatic heterocycles. The van der Waals surface area contributed by atoms with Crippen molar-refractivity contribution in [2.75, 3.05) is 12.4 Å². The van der Waals surface area contributed by atoms with Gasteiger partial charge in [-0.2, -0.15) is 0 Å². The first-order chi connectivity index (χ1) is 12.8. The molecule has 2 heterocycles. The average Bonchev–Trinajstić information content (AvgIpc) is 3.04. The Labute approximate surface area is 154 Å². The Morgan fingerprint density at radius 1 is 1.11 bits per heavy atom. The van der Waals surface area contributed by atoms with Crippen LogP contribution < -0.4 is 5.32 Å². The highest BCUT2D eigenvalue weighted by Gasteiger charge is 2.32. The second kappa shape index (κ2) is 6.05. The molecule has 1 aliphatic rings. The first-order valence-corrected chi connectivity index (χ1v) is 8.38. The van der Waals surface area contributed by atoms with Crippen molar-refractivity contribution in [3.05, 3.63) is 64.6 Å². The van der Waals surface area contributed by atoms with Gasteiger partial charge in [0.15, 0.2) is 0 Å². The fourth-order valence-corrected chi connectivity index (χ4v) is 3.39. The van der Waals surface area contributed by atoms with Crippen LogP contribution in [0, 0.1) is 12.7 Å². The fourth-order valence-electron chi connectivity index (χ4n) is 3.39. The second-order valence-electron chi connectivity index (χ2n) is 6.57. The van der Waals surface area contributed by atoms with E-state index < -0.39 is 5.91 Å². The summed E-state index contributed by atoms with van der Waals surface area (Å²) < 4.78 is 13.6. The summed E-state index contributed by atoms with van der Waals surface area (Å²) in [6.45, 7) is 1.83. The maximum absolute atomic E-state index is 13.6. The van der Waals surface area contributed by atoms with Crippen LogP contribution in [0.2, 0.25) is 0 Å². The van der Waals surface area contributed by atoms with Crippen LogP contribution in [0.4, 0.5) is 10.1 Å². The molecule has 136 valence electrons. The number of aryl methyl sites for hydroxylation is 1. The maximum atomic E-state index is 13.6. The van der Waals surface area contributed by atoms with Crippen molar-refractivity contribution >= 4 is 34.3 Å². The molecule has 2 aromatic carbocycles. The monoisotopic (exact) mass is 365 g/mol. The molecule has 2 N–H and O–H groups in total. The summed E-state index contributed by atoms with van der Waals surface area (Å²) in [5.74, 6) is -1.42. The van der Waals surface area contributed by atoms with E-state index in [-0.39, 0.29) is 29.6 Å². The summed E-state index contributed by atoms with van der Waals surface area (Å²) in [4.78, 5) is 40.7. The van der Waals surface area contributed by atoms with Gasteiger partial charge in [0.2, 0.25) is 5.91 Å². The number of rotatable bonds is 3. The van der Waals surface area contributed by atoms with E-state index in [0.29, 0.717) is 22.2 Å². The molecule has 0 fully saturated rings. The summed E-state index contributed by atoms with van der Waals surface area (Å²) in [5.41, 5.74) is 3.30. The summed E-state index contributed by atoms with van der Waals surface area (Å²) >= 11 is 0. The fraction of sp³-hybridized carbons (Fsp3) is 0.150. The third-order valence-corrected chi connectivity index (χ3v) is 4.79. The molecule has 0 radical (unpaired) electrons. The molecule has 3 aromatic rings. The van der Waals surface area contributed by atoms with Gasteiger partial charge in [-0.3, -0.25) is 19.3 Å². The summed E-state index contributed by atoms with van der Waals surface area (Å²) in [6.07, 6.45) is 0.0547. The predicted octanol–water partition coefficient (Wildman–Crippen LogP) is 3.02. The zero-order valence-electron chi connectivity index (χ0n) is 14.7. The van der Waals surface area contributed by atoms with Crippen LogP contribution in [0.1, 0.15) is 32.0 Å². The van der Waals surface area contributed by atoms with Crippen molar-refractivity contribution in [1.29, 1.82) is 0 Å². The van der Waals surface area contributed by atoms with Gasteiger partial charge in [-0.25, -0.2) is 4.39 Å². The number of aromatic amines is 1. The van der Waals surface area contributed by atoms with Gasteiger partial charge in [-0.15, -0.1) is 0 Å². The number of aromatic nitrogens is 1. The van der Waals surface area contributed by atoms with Crippen LogP contribution in [0.5, 0.6) is 0 Å². The van der Waals surface area contributed by atoms with Gasteiger partial charge in [0.25, 0.3) is 11.8 Å². The average molecular weight is 365 g/mol. The number of imide groups is 1. The van der Waals surface area contributed by atoms with Crippen molar-refractivity contribution in [3.8, 4) is 0 Å². The predicted molar refractivity (Wildman–Crippen MR) is 98.2 cm³/mol. The number of nitrogens with zero attached hydrogens (tertiary/aromatic N) is 1. The molecular weight excluding hydrogens is 349 g/mol. The highest BCUT2D eigenvalue weighted by molar-refractivity contribution is 6.21. The lowest BCUT2D eigenvalue weighted by molar-refractivity contribution is -0.115. The highest BCUT2D eigenvalue weighted by atomic mass is 19.1. The van der Waals surface area contributed by atoms with E-state index in [2.05, 4.69) is 10.3 Å². The zero-order valence-corrected chi connectivity index (χ0v) is 14.7. The van der Waals surface area contributed by atoms with Crippen LogP contribution in [-0.4, -0.2) is 34.7 Å².